The van der Waals surface area contributed by atoms with Crippen molar-refractivity contribution in [1.29, 1.82) is 0 Å². The van der Waals surface area contributed by atoms with Crippen LogP contribution in [0.5, 0.6) is 11.5 Å². The van der Waals surface area contributed by atoms with Crippen LogP contribution in [0.25, 0.3) is 0 Å². The van der Waals surface area contributed by atoms with E-state index in [-0.39, 0.29) is 11.6 Å². The van der Waals surface area contributed by atoms with Crippen molar-refractivity contribution in [2.45, 2.75) is 6.54 Å². The van der Waals surface area contributed by atoms with Crippen molar-refractivity contribution in [3.05, 3.63) is 51.5 Å². The zero-order valence-corrected chi connectivity index (χ0v) is 11.5. The fourth-order valence-corrected chi connectivity index (χ4v) is 2.09. The number of ether oxygens (including phenoxy) is 1. The van der Waals surface area contributed by atoms with Crippen LogP contribution in [0.4, 0.5) is 4.39 Å². The Morgan fingerprint density at radius 3 is 2.89 bits per heavy atom. The molecule has 0 bridgehead atoms. The first-order valence-corrected chi connectivity index (χ1v) is 6.25. The van der Waals surface area contributed by atoms with Crippen molar-refractivity contribution in [3.8, 4) is 11.5 Å². The van der Waals surface area contributed by atoms with Gasteiger partial charge in [0.15, 0.2) is 0 Å². The molecular weight excluding hydrogens is 322 g/mol. The average molecular weight is 332 g/mol. The molecule has 0 saturated carbocycles. The van der Waals surface area contributed by atoms with E-state index in [1.165, 1.54) is 12.1 Å². The molecule has 0 aliphatic carbocycles. The van der Waals surface area contributed by atoms with Gasteiger partial charge in [0, 0.05) is 18.8 Å². The van der Waals surface area contributed by atoms with Crippen molar-refractivity contribution < 1.29 is 9.13 Å². The molecule has 0 unspecified atom stereocenters. The third-order valence-corrected chi connectivity index (χ3v) is 3.15. The van der Waals surface area contributed by atoms with Gasteiger partial charge in [-0.15, -0.1) is 0 Å². The summed E-state index contributed by atoms with van der Waals surface area (Å²) >= 11 is 8.91. The van der Waals surface area contributed by atoms with Crippen molar-refractivity contribution in [3.63, 3.8) is 0 Å². The monoisotopic (exact) mass is 330 g/mol. The second-order valence-corrected chi connectivity index (χ2v) is 4.71. The minimum atomic E-state index is -0.548. The molecule has 2 N–H and O–H groups in total. The summed E-state index contributed by atoms with van der Waals surface area (Å²) in [6.07, 6.45) is 1.62. The summed E-state index contributed by atoms with van der Waals surface area (Å²) < 4.78 is 19.5. The topological polar surface area (TPSA) is 48.1 Å². The van der Waals surface area contributed by atoms with Gasteiger partial charge in [-0.3, -0.25) is 4.98 Å². The van der Waals surface area contributed by atoms with Crippen LogP contribution < -0.4 is 10.5 Å². The minimum absolute atomic E-state index is 0.0273. The maximum absolute atomic E-state index is 13.4. The Balaban J connectivity index is 2.37. The van der Waals surface area contributed by atoms with Gasteiger partial charge in [-0.1, -0.05) is 11.6 Å². The predicted molar refractivity (Wildman–Crippen MR) is 71.3 cm³/mol. The molecule has 0 atom stereocenters. The van der Waals surface area contributed by atoms with Crippen LogP contribution in [-0.2, 0) is 6.54 Å². The Kier molecular flexibility index (Phi) is 4.16. The third kappa shape index (κ3) is 2.80. The summed E-state index contributed by atoms with van der Waals surface area (Å²) in [6.45, 7) is 0.240. The quantitative estimate of drug-likeness (QED) is 0.868. The summed E-state index contributed by atoms with van der Waals surface area (Å²) in [5.41, 5.74) is 6.14. The molecule has 2 rings (SSSR count). The summed E-state index contributed by atoms with van der Waals surface area (Å²) in [6, 6.07) is 6.08. The molecule has 0 aliphatic rings. The third-order valence-electron chi connectivity index (χ3n) is 2.24. The second kappa shape index (κ2) is 5.65. The number of halogens is 3. The number of benzene rings is 1. The van der Waals surface area contributed by atoms with Gasteiger partial charge >= 0.3 is 0 Å². The summed E-state index contributed by atoms with van der Waals surface area (Å²) in [4.78, 5) is 4.08. The second-order valence-electron chi connectivity index (χ2n) is 3.45. The van der Waals surface area contributed by atoms with Crippen LogP contribution in [0.3, 0.4) is 0 Å². The van der Waals surface area contributed by atoms with E-state index < -0.39 is 5.82 Å². The van der Waals surface area contributed by atoms with E-state index in [1.54, 1.807) is 18.3 Å². The summed E-state index contributed by atoms with van der Waals surface area (Å²) in [7, 11) is 0. The zero-order chi connectivity index (χ0) is 13.1. The van der Waals surface area contributed by atoms with Gasteiger partial charge in [0.05, 0.1) is 15.2 Å². The first kappa shape index (κ1) is 13.3. The number of aromatic nitrogens is 1. The molecule has 0 fully saturated rings. The summed E-state index contributed by atoms with van der Waals surface area (Å²) in [5.74, 6) is 0.259. The first-order valence-electron chi connectivity index (χ1n) is 5.08. The lowest BCUT2D eigenvalue weighted by molar-refractivity contribution is 0.464. The van der Waals surface area contributed by atoms with E-state index in [4.69, 9.17) is 22.1 Å². The summed E-state index contributed by atoms with van der Waals surface area (Å²) in [5, 5.41) is 0.0273. The molecule has 6 heteroatoms. The molecule has 0 saturated heterocycles. The largest absolute Gasteiger partial charge is 0.454 e. The van der Waals surface area contributed by atoms with E-state index in [1.807, 2.05) is 0 Å². The minimum Gasteiger partial charge on any atom is -0.454 e. The van der Waals surface area contributed by atoms with E-state index in [0.29, 0.717) is 21.7 Å². The van der Waals surface area contributed by atoms with Gasteiger partial charge < -0.3 is 10.5 Å². The Bertz CT molecular complexity index is 580. The number of hydrogen-bond acceptors (Lipinski definition) is 3. The van der Waals surface area contributed by atoms with Gasteiger partial charge in [0.1, 0.15) is 17.3 Å². The highest BCUT2D eigenvalue weighted by molar-refractivity contribution is 9.10. The molecule has 94 valence electrons. The molecule has 3 nitrogen and oxygen atoms in total. The number of nitrogens with zero attached hydrogens (tertiary/aromatic N) is 1. The van der Waals surface area contributed by atoms with Crippen LogP contribution in [0.2, 0.25) is 5.02 Å². The highest BCUT2D eigenvalue weighted by Crippen LogP contribution is 2.34. The van der Waals surface area contributed by atoms with Crippen LogP contribution >= 0.6 is 27.5 Å². The van der Waals surface area contributed by atoms with Crippen molar-refractivity contribution in [2.75, 3.05) is 0 Å². The average Bonchev–Trinajstić information content (AvgIpc) is 2.36. The van der Waals surface area contributed by atoms with Crippen molar-refractivity contribution in [2.24, 2.45) is 5.73 Å². The lowest BCUT2D eigenvalue weighted by atomic mass is 10.3. The molecule has 0 amide bonds. The smallest absolute Gasteiger partial charge is 0.150 e. The van der Waals surface area contributed by atoms with Crippen LogP contribution in [0.15, 0.2) is 34.9 Å². The van der Waals surface area contributed by atoms with Crippen LogP contribution in [-0.4, -0.2) is 4.98 Å². The molecular formula is C12H9BrClFN2O. The van der Waals surface area contributed by atoms with E-state index in [0.717, 1.165) is 0 Å². The maximum atomic E-state index is 13.4. The van der Waals surface area contributed by atoms with Gasteiger partial charge in [-0.2, -0.15) is 0 Å². The number of hydrogen-bond donors (Lipinski definition) is 1. The van der Waals surface area contributed by atoms with Crippen molar-refractivity contribution >= 4 is 27.5 Å². The van der Waals surface area contributed by atoms with Crippen molar-refractivity contribution in [1.82, 2.24) is 4.98 Å². The van der Waals surface area contributed by atoms with Crippen LogP contribution in [0, 0.1) is 5.82 Å². The standard InChI is InChI=1S/C12H9BrClFN2O/c13-7-4-8(14)9(15)5-12(7)18-11-2-1-3-17-10(11)6-16/h1-5H,6,16H2. The molecule has 18 heavy (non-hydrogen) atoms. The van der Waals surface area contributed by atoms with Gasteiger partial charge in [0.25, 0.3) is 0 Å². The number of pyridine rings is 1. The lowest BCUT2D eigenvalue weighted by Gasteiger charge is -2.11. The maximum Gasteiger partial charge on any atom is 0.150 e. The normalized spacial score (nSPS) is 10.4. The molecule has 1 aromatic carbocycles. The first-order chi connectivity index (χ1) is 8.61. The van der Waals surface area contributed by atoms with E-state index in [9.17, 15) is 4.39 Å². The highest BCUT2D eigenvalue weighted by Gasteiger charge is 2.11. The van der Waals surface area contributed by atoms with E-state index >= 15 is 0 Å². The van der Waals surface area contributed by atoms with Gasteiger partial charge in [-0.05, 0) is 34.1 Å². The lowest BCUT2D eigenvalue weighted by Crippen LogP contribution is -2.02. The Hall–Kier alpha value is -1.17. The van der Waals surface area contributed by atoms with E-state index in [2.05, 4.69) is 20.9 Å². The number of nitrogens with two attached hydrogens (primary N) is 1. The highest BCUT2D eigenvalue weighted by atomic mass is 79.9. The molecule has 1 heterocycles. The number of rotatable bonds is 3. The Morgan fingerprint density at radius 1 is 1.39 bits per heavy atom. The van der Waals surface area contributed by atoms with Gasteiger partial charge in [-0.25, -0.2) is 4.39 Å². The SMILES string of the molecule is NCc1ncccc1Oc1cc(F)c(Cl)cc1Br. The molecule has 0 spiro atoms. The Labute approximate surface area is 117 Å². The predicted octanol–water partition coefficient (Wildman–Crippen LogP) is 3.89. The van der Waals surface area contributed by atoms with Crippen LogP contribution in [0.1, 0.15) is 5.69 Å². The Morgan fingerprint density at radius 2 is 2.17 bits per heavy atom. The fourth-order valence-electron chi connectivity index (χ4n) is 1.37. The molecule has 2 aromatic rings. The molecule has 0 aliphatic heterocycles. The molecule has 1 aromatic heterocycles. The fraction of sp³-hybridized carbons (Fsp3) is 0.0833. The zero-order valence-electron chi connectivity index (χ0n) is 9.16. The molecule has 0 radical (unpaired) electrons. The van der Waals surface area contributed by atoms with Gasteiger partial charge in [0.2, 0.25) is 0 Å².